The summed E-state index contributed by atoms with van der Waals surface area (Å²) in [7, 11) is 0. The Morgan fingerprint density at radius 3 is 3.00 bits per heavy atom. The van der Waals surface area contributed by atoms with Crippen LogP contribution < -0.4 is 5.32 Å². The number of benzene rings is 1. The van der Waals surface area contributed by atoms with Crippen molar-refractivity contribution in [2.75, 3.05) is 11.6 Å². The lowest BCUT2D eigenvalue weighted by Crippen LogP contribution is -2.48. The summed E-state index contributed by atoms with van der Waals surface area (Å²) in [5.41, 5.74) is 0.616. The number of rotatable bonds is 5. The van der Waals surface area contributed by atoms with Gasteiger partial charge in [-0.15, -0.1) is 11.8 Å². The Bertz CT molecular complexity index is 606. The van der Waals surface area contributed by atoms with E-state index in [1.54, 1.807) is 34.9 Å². The van der Waals surface area contributed by atoms with Crippen molar-refractivity contribution in [3.63, 3.8) is 0 Å². The maximum absolute atomic E-state index is 13.1. The number of carbonyl (C=O) groups excluding carboxylic acids is 2. The molecule has 2 amide bonds. The highest BCUT2D eigenvalue weighted by atomic mass is 32.2. The lowest BCUT2D eigenvalue weighted by molar-refractivity contribution is -0.135. The van der Waals surface area contributed by atoms with Gasteiger partial charge >= 0.3 is 0 Å². The molecule has 0 saturated carbocycles. The fraction of sp³-hybridized carbons (Fsp3) is 0.412. The van der Waals surface area contributed by atoms with Gasteiger partial charge in [-0.05, 0) is 37.1 Å². The Balaban J connectivity index is 2.01. The maximum atomic E-state index is 13.1. The predicted molar refractivity (Wildman–Crippen MR) is 91.3 cm³/mol. The first-order valence-electron chi connectivity index (χ1n) is 7.63. The Hall–Kier alpha value is -1.82. The molecule has 0 aromatic heterocycles. The number of carbonyl (C=O) groups is 2. The van der Waals surface area contributed by atoms with Crippen LogP contribution in [0.1, 0.15) is 25.8 Å². The molecule has 1 N–H and O–H groups in total. The summed E-state index contributed by atoms with van der Waals surface area (Å²) >= 11 is 1.56. The molecular formula is C17H21FN2O2S. The van der Waals surface area contributed by atoms with Crippen molar-refractivity contribution in [1.82, 2.24) is 10.2 Å². The molecule has 0 aliphatic carbocycles. The van der Waals surface area contributed by atoms with Gasteiger partial charge in [-0.2, -0.15) is 0 Å². The van der Waals surface area contributed by atoms with Gasteiger partial charge in [0, 0.05) is 17.9 Å². The van der Waals surface area contributed by atoms with E-state index in [1.165, 1.54) is 18.2 Å². The molecule has 1 saturated heterocycles. The number of hydrogen-bond donors (Lipinski definition) is 1. The van der Waals surface area contributed by atoms with Crippen LogP contribution in [0.25, 0.3) is 6.08 Å². The molecule has 1 fully saturated rings. The van der Waals surface area contributed by atoms with E-state index < -0.39 is 6.04 Å². The van der Waals surface area contributed by atoms with Gasteiger partial charge in [0.15, 0.2) is 0 Å². The van der Waals surface area contributed by atoms with E-state index in [0.29, 0.717) is 17.2 Å². The smallest absolute Gasteiger partial charge is 0.247 e. The van der Waals surface area contributed by atoms with E-state index in [9.17, 15) is 14.0 Å². The lowest BCUT2D eigenvalue weighted by atomic mass is 10.2. The lowest BCUT2D eigenvalue weighted by Gasteiger charge is -2.23. The van der Waals surface area contributed by atoms with Crippen molar-refractivity contribution in [3.05, 3.63) is 41.7 Å². The zero-order chi connectivity index (χ0) is 16.8. The van der Waals surface area contributed by atoms with Gasteiger partial charge in [-0.3, -0.25) is 9.59 Å². The highest BCUT2D eigenvalue weighted by molar-refractivity contribution is 7.99. The fourth-order valence-corrected chi connectivity index (χ4v) is 3.36. The molecule has 0 radical (unpaired) electrons. The van der Waals surface area contributed by atoms with Gasteiger partial charge in [-0.25, -0.2) is 4.39 Å². The zero-order valence-electron chi connectivity index (χ0n) is 13.3. The Labute approximate surface area is 140 Å². The number of halogens is 1. The minimum absolute atomic E-state index is 0.0906. The van der Waals surface area contributed by atoms with E-state index in [1.807, 2.05) is 13.8 Å². The van der Waals surface area contributed by atoms with Crippen LogP contribution in [0.4, 0.5) is 4.39 Å². The van der Waals surface area contributed by atoms with E-state index >= 15 is 0 Å². The van der Waals surface area contributed by atoms with Crippen molar-refractivity contribution in [1.29, 1.82) is 0 Å². The second-order valence-electron chi connectivity index (χ2n) is 5.53. The highest BCUT2D eigenvalue weighted by Gasteiger charge is 2.33. The van der Waals surface area contributed by atoms with Crippen LogP contribution in [0.15, 0.2) is 30.3 Å². The first-order chi connectivity index (χ1) is 11.0. The standard InChI is InChI=1S/C17H21FN2O2S/c1-3-12(2)19-17(22)15-10-23-11-20(15)16(21)8-7-13-5-4-6-14(18)9-13/h4-9,12,15H,3,10-11H2,1-2H3,(H,19,22). The summed E-state index contributed by atoms with van der Waals surface area (Å²) in [6.45, 7) is 3.94. The van der Waals surface area contributed by atoms with Gasteiger partial charge in [0.1, 0.15) is 11.9 Å². The number of nitrogens with zero attached hydrogens (tertiary/aromatic N) is 1. The van der Waals surface area contributed by atoms with Crippen LogP contribution in [0.3, 0.4) is 0 Å². The van der Waals surface area contributed by atoms with Gasteiger partial charge in [0.25, 0.3) is 0 Å². The number of amides is 2. The molecule has 6 heteroatoms. The van der Waals surface area contributed by atoms with Gasteiger partial charge in [0.05, 0.1) is 5.88 Å². The Morgan fingerprint density at radius 2 is 2.30 bits per heavy atom. The Kier molecular flexibility index (Phi) is 6.21. The summed E-state index contributed by atoms with van der Waals surface area (Å²) < 4.78 is 13.1. The van der Waals surface area contributed by atoms with E-state index in [-0.39, 0.29) is 23.7 Å². The van der Waals surface area contributed by atoms with Crippen molar-refractivity contribution >= 4 is 29.7 Å². The van der Waals surface area contributed by atoms with E-state index in [4.69, 9.17) is 0 Å². The number of hydrogen-bond acceptors (Lipinski definition) is 3. The normalized spacial score (nSPS) is 19.1. The predicted octanol–water partition coefficient (Wildman–Crippen LogP) is 2.66. The first kappa shape index (κ1) is 17.5. The van der Waals surface area contributed by atoms with E-state index in [0.717, 1.165) is 6.42 Å². The van der Waals surface area contributed by atoms with Crippen LogP contribution in [-0.4, -0.2) is 40.4 Å². The molecule has 0 spiro atoms. The van der Waals surface area contributed by atoms with Crippen molar-refractivity contribution in [2.24, 2.45) is 0 Å². The third-order valence-electron chi connectivity index (χ3n) is 3.74. The molecule has 1 aliphatic heterocycles. The second-order valence-corrected chi connectivity index (χ2v) is 6.53. The molecule has 124 valence electrons. The summed E-state index contributed by atoms with van der Waals surface area (Å²) in [5, 5.41) is 2.92. The van der Waals surface area contributed by atoms with Crippen LogP contribution in [0.2, 0.25) is 0 Å². The zero-order valence-corrected chi connectivity index (χ0v) is 14.1. The highest BCUT2D eigenvalue weighted by Crippen LogP contribution is 2.22. The molecule has 1 heterocycles. The summed E-state index contributed by atoms with van der Waals surface area (Å²) in [6, 6.07) is 5.67. The minimum Gasteiger partial charge on any atom is -0.352 e. The second kappa shape index (κ2) is 8.15. The minimum atomic E-state index is -0.446. The summed E-state index contributed by atoms with van der Waals surface area (Å²) in [5.74, 6) is 0.398. The molecular weight excluding hydrogens is 315 g/mol. The molecule has 2 rings (SSSR count). The fourth-order valence-electron chi connectivity index (χ4n) is 2.19. The van der Waals surface area contributed by atoms with Crippen LogP contribution in [0, 0.1) is 5.82 Å². The van der Waals surface area contributed by atoms with E-state index in [2.05, 4.69) is 5.32 Å². The molecule has 4 nitrogen and oxygen atoms in total. The molecule has 1 aromatic carbocycles. The average molecular weight is 336 g/mol. The SMILES string of the molecule is CCC(C)NC(=O)C1CSCN1C(=O)C=Cc1cccc(F)c1. The summed E-state index contributed by atoms with van der Waals surface area (Å²) in [6.07, 6.45) is 3.81. The molecule has 2 atom stereocenters. The van der Waals surface area contributed by atoms with Crippen LogP contribution >= 0.6 is 11.8 Å². The van der Waals surface area contributed by atoms with Crippen LogP contribution in [0.5, 0.6) is 0 Å². The van der Waals surface area contributed by atoms with Crippen molar-refractivity contribution in [2.45, 2.75) is 32.4 Å². The van der Waals surface area contributed by atoms with Crippen molar-refractivity contribution in [3.8, 4) is 0 Å². The topological polar surface area (TPSA) is 49.4 Å². The summed E-state index contributed by atoms with van der Waals surface area (Å²) in [4.78, 5) is 26.1. The average Bonchev–Trinajstić information content (AvgIpc) is 3.02. The molecule has 1 aromatic rings. The van der Waals surface area contributed by atoms with Crippen LogP contribution in [-0.2, 0) is 9.59 Å². The molecule has 2 unspecified atom stereocenters. The number of thioether (sulfide) groups is 1. The Morgan fingerprint density at radius 1 is 1.52 bits per heavy atom. The molecule has 1 aliphatic rings. The molecule has 0 bridgehead atoms. The van der Waals surface area contributed by atoms with Gasteiger partial charge < -0.3 is 10.2 Å². The quantitative estimate of drug-likeness (QED) is 0.841. The maximum Gasteiger partial charge on any atom is 0.247 e. The number of nitrogens with one attached hydrogen (secondary N) is 1. The first-order valence-corrected chi connectivity index (χ1v) is 8.79. The largest absolute Gasteiger partial charge is 0.352 e. The van der Waals surface area contributed by atoms with Crippen molar-refractivity contribution < 1.29 is 14.0 Å². The molecule has 23 heavy (non-hydrogen) atoms. The monoisotopic (exact) mass is 336 g/mol. The van der Waals surface area contributed by atoms with Gasteiger partial charge in [0.2, 0.25) is 11.8 Å². The third kappa shape index (κ3) is 4.82. The van der Waals surface area contributed by atoms with Gasteiger partial charge in [-0.1, -0.05) is 19.1 Å². The third-order valence-corrected chi connectivity index (χ3v) is 4.75.